The molecule has 5 nitrogen and oxygen atoms in total. The number of benzene rings is 1. The van der Waals surface area contributed by atoms with Crippen molar-refractivity contribution in [2.45, 2.75) is 25.4 Å². The molecule has 114 valence electrons. The van der Waals surface area contributed by atoms with Gasteiger partial charge in [0.25, 0.3) is 0 Å². The van der Waals surface area contributed by atoms with Gasteiger partial charge in [-0.1, -0.05) is 18.2 Å². The van der Waals surface area contributed by atoms with Gasteiger partial charge in [-0.3, -0.25) is 9.69 Å². The van der Waals surface area contributed by atoms with E-state index in [1.807, 2.05) is 31.2 Å². The summed E-state index contributed by atoms with van der Waals surface area (Å²) in [7, 11) is 0. The van der Waals surface area contributed by atoms with Crippen molar-refractivity contribution in [1.82, 2.24) is 15.5 Å². The van der Waals surface area contributed by atoms with Crippen LogP contribution < -0.4 is 15.4 Å². The van der Waals surface area contributed by atoms with Crippen LogP contribution in [0.25, 0.3) is 0 Å². The van der Waals surface area contributed by atoms with Crippen LogP contribution >= 0.6 is 0 Å². The molecule has 3 rings (SSSR count). The van der Waals surface area contributed by atoms with Gasteiger partial charge in [0, 0.05) is 38.2 Å². The first-order valence-electron chi connectivity index (χ1n) is 7.72. The normalized spacial score (nSPS) is 23.8. The molecule has 2 aliphatic heterocycles. The van der Waals surface area contributed by atoms with E-state index in [0.717, 1.165) is 43.9 Å². The van der Waals surface area contributed by atoms with Gasteiger partial charge in [0.15, 0.2) is 0 Å². The van der Waals surface area contributed by atoms with Crippen molar-refractivity contribution in [2.24, 2.45) is 0 Å². The number of carbonyl (C=O) groups excluding carboxylic acids is 1. The number of ether oxygens (including phenoxy) is 1. The number of nitrogens with one attached hydrogen (secondary N) is 2. The zero-order valence-corrected chi connectivity index (χ0v) is 12.5. The molecule has 0 saturated carbocycles. The van der Waals surface area contributed by atoms with Gasteiger partial charge >= 0.3 is 0 Å². The first-order valence-corrected chi connectivity index (χ1v) is 7.72. The quantitative estimate of drug-likeness (QED) is 0.869. The van der Waals surface area contributed by atoms with E-state index in [4.69, 9.17) is 4.74 Å². The predicted molar refractivity (Wildman–Crippen MR) is 81.3 cm³/mol. The molecule has 1 saturated heterocycles. The lowest BCUT2D eigenvalue weighted by molar-refractivity contribution is -0.127. The Morgan fingerprint density at radius 1 is 1.38 bits per heavy atom. The number of piperazine rings is 1. The predicted octanol–water partition coefficient (Wildman–Crippen LogP) is 0.920. The second-order valence-corrected chi connectivity index (χ2v) is 5.70. The minimum Gasteiger partial charge on any atom is -0.493 e. The fourth-order valence-electron chi connectivity index (χ4n) is 3.02. The molecule has 0 bridgehead atoms. The Kier molecular flexibility index (Phi) is 4.41. The number of rotatable bonds is 3. The van der Waals surface area contributed by atoms with Crippen LogP contribution in [0.5, 0.6) is 5.75 Å². The van der Waals surface area contributed by atoms with E-state index in [1.54, 1.807) is 0 Å². The Morgan fingerprint density at radius 2 is 2.14 bits per heavy atom. The summed E-state index contributed by atoms with van der Waals surface area (Å²) in [5, 5.41) is 6.50. The molecule has 2 unspecified atom stereocenters. The monoisotopic (exact) mass is 289 g/mol. The van der Waals surface area contributed by atoms with Crippen LogP contribution in [-0.4, -0.2) is 49.6 Å². The van der Waals surface area contributed by atoms with E-state index >= 15 is 0 Å². The zero-order valence-electron chi connectivity index (χ0n) is 12.5. The Hall–Kier alpha value is -1.59. The number of fused-ring (bicyclic) bond motifs is 1. The van der Waals surface area contributed by atoms with E-state index in [2.05, 4.69) is 15.5 Å². The van der Waals surface area contributed by atoms with Crippen molar-refractivity contribution in [1.29, 1.82) is 0 Å². The summed E-state index contributed by atoms with van der Waals surface area (Å²) < 4.78 is 5.64. The van der Waals surface area contributed by atoms with Crippen molar-refractivity contribution in [2.75, 3.05) is 32.8 Å². The lowest BCUT2D eigenvalue weighted by Crippen LogP contribution is -2.53. The lowest BCUT2D eigenvalue weighted by Gasteiger charge is -2.33. The van der Waals surface area contributed by atoms with Crippen LogP contribution in [0.1, 0.15) is 24.9 Å². The average Bonchev–Trinajstić information content (AvgIpc) is 2.55. The highest BCUT2D eigenvalue weighted by Gasteiger charge is 2.27. The fourth-order valence-corrected chi connectivity index (χ4v) is 3.02. The minimum absolute atomic E-state index is 0.0628. The number of para-hydroxylation sites is 1. The topological polar surface area (TPSA) is 53.6 Å². The summed E-state index contributed by atoms with van der Waals surface area (Å²) >= 11 is 0. The third-order valence-electron chi connectivity index (χ3n) is 4.35. The number of carbonyl (C=O) groups is 1. The molecule has 1 fully saturated rings. The van der Waals surface area contributed by atoms with Gasteiger partial charge in [-0.2, -0.15) is 0 Å². The van der Waals surface area contributed by atoms with Crippen LogP contribution in [0.15, 0.2) is 24.3 Å². The summed E-state index contributed by atoms with van der Waals surface area (Å²) in [6.45, 7) is 6.42. The van der Waals surface area contributed by atoms with Gasteiger partial charge in [0.05, 0.1) is 18.7 Å². The molecule has 2 heterocycles. The lowest BCUT2D eigenvalue weighted by atomic mass is 10.00. The third kappa shape index (κ3) is 3.19. The second-order valence-electron chi connectivity index (χ2n) is 5.70. The van der Waals surface area contributed by atoms with E-state index in [-0.39, 0.29) is 18.0 Å². The minimum atomic E-state index is -0.0814. The van der Waals surface area contributed by atoms with Crippen molar-refractivity contribution < 1.29 is 9.53 Å². The van der Waals surface area contributed by atoms with Gasteiger partial charge in [0.1, 0.15) is 5.75 Å². The Balaban J connectivity index is 1.65. The van der Waals surface area contributed by atoms with Crippen molar-refractivity contribution in [3.05, 3.63) is 29.8 Å². The molecule has 21 heavy (non-hydrogen) atoms. The number of hydrogen-bond donors (Lipinski definition) is 2. The molecule has 0 radical (unpaired) electrons. The molecule has 1 aromatic carbocycles. The van der Waals surface area contributed by atoms with Crippen LogP contribution in [0.3, 0.4) is 0 Å². The van der Waals surface area contributed by atoms with E-state index in [1.165, 1.54) is 0 Å². The van der Waals surface area contributed by atoms with Gasteiger partial charge in [-0.05, 0) is 13.0 Å². The zero-order chi connectivity index (χ0) is 14.7. The number of amides is 1. The average molecular weight is 289 g/mol. The maximum atomic E-state index is 12.5. The van der Waals surface area contributed by atoms with E-state index < -0.39 is 0 Å². The summed E-state index contributed by atoms with van der Waals surface area (Å²) in [5.74, 6) is 1.00. The van der Waals surface area contributed by atoms with Crippen molar-refractivity contribution in [3.8, 4) is 5.75 Å². The highest BCUT2D eigenvalue weighted by Crippen LogP contribution is 2.31. The molecule has 2 atom stereocenters. The third-order valence-corrected chi connectivity index (χ3v) is 4.35. The van der Waals surface area contributed by atoms with Crippen LogP contribution in [0, 0.1) is 0 Å². The smallest absolute Gasteiger partial charge is 0.237 e. The summed E-state index contributed by atoms with van der Waals surface area (Å²) in [6, 6.07) is 7.94. The Morgan fingerprint density at radius 3 is 2.95 bits per heavy atom. The molecule has 0 aromatic heterocycles. The summed E-state index contributed by atoms with van der Waals surface area (Å²) in [6.07, 6.45) is 0.830. The van der Waals surface area contributed by atoms with E-state index in [0.29, 0.717) is 6.61 Å². The van der Waals surface area contributed by atoms with Crippen molar-refractivity contribution >= 4 is 5.91 Å². The summed E-state index contributed by atoms with van der Waals surface area (Å²) in [5.41, 5.74) is 1.09. The first-order chi connectivity index (χ1) is 10.3. The summed E-state index contributed by atoms with van der Waals surface area (Å²) in [4.78, 5) is 14.7. The largest absolute Gasteiger partial charge is 0.493 e. The molecule has 1 aromatic rings. The standard InChI is InChI=1S/C16H23N3O2/c1-12(19-9-7-17-8-10-19)16(20)18-14-6-11-21-15-5-3-2-4-13(14)15/h2-5,12,14,17H,6-11H2,1H3,(H,18,20). The molecular formula is C16H23N3O2. The maximum absolute atomic E-state index is 12.5. The fraction of sp³-hybridized carbons (Fsp3) is 0.562. The SMILES string of the molecule is CC(C(=O)NC1CCOc2ccccc21)N1CCNCC1. The maximum Gasteiger partial charge on any atom is 0.237 e. The van der Waals surface area contributed by atoms with Crippen LogP contribution in [0.2, 0.25) is 0 Å². The van der Waals surface area contributed by atoms with Gasteiger partial charge in [-0.15, -0.1) is 0 Å². The Labute approximate surface area is 125 Å². The van der Waals surface area contributed by atoms with Crippen molar-refractivity contribution in [3.63, 3.8) is 0 Å². The molecular weight excluding hydrogens is 266 g/mol. The molecule has 1 amide bonds. The van der Waals surface area contributed by atoms with Crippen LogP contribution in [0.4, 0.5) is 0 Å². The highest BCUT2D eigenvalue weighted by molar-refractivity contribution is 5.82. The molecule has 5 heteroatoms. The molecule has 2 N–H and O–H groups in total. The van der Waals surface area contributed by atoms with Gasteiger partial charge < -0.3 is 15.4 Å². The Bertz CT molecular complexity index is 500. The van der Waals surface area contributed by atoms with E-state index in [9.17, 15) is 4.79 Å². The first kappa shape index (κ1) is 14.4. The number of hydrogen-bond acceptors (Lipinski definition) is 4. The second kappa shape index (κ2) is 6.45. The van der Waals surface area contributed by atoms with Gasteiger partial charge in [0.2, 0.25) is 5.91 Å². The number of nitrogens with zero attached hydrogens (tertiary/aromatic N) is 1. The molecule has 2 aliphatic rings. The molecule has 0 spiro atoms. The van der Waals surface area contributed by atoms with Crippen LogP contribution in [-0.2, 0) is 4.79 Å². The highest BCUT2D eigenvalue weighted by atomic mass is 16.5. The molecule has 0 aliphatic carbocycles. The van der Waals surface area contributed by atoms with Gasteiger partial charge in [-0.25, -0.2) is 0 Å².